The summed E-state index contributed by atoms with van der Waals surface area (Å²) in [4.78, 5) is 22.9. The van der Waals surface area contributed by atoms with Crippen LogP contribution >= 0.6 is 0 Å². The van der Waals surface area contributed by atoms with E-state index in [9.17, 15) is 9.18 Å². The number of amides is 2. The molecule has 0 aliphatic carbocycles. The Labute approximate surface area is 174 Å². The van der Waals surface area contributed by atoms with E-state index in [-0.39, 0.29) is 11.7 Å². The lowest BCUT2D eigenvalue weighted by atomic mass is 9.98. The number of benzene rings is 1. The Morgan fingerprint density at radius 1 is 1.30 bits per heavy atom. The van der Waals surface area contributed by atoms with Crippen molar-refractivity contribution in [2.45, 2.75) is 26.8 Å². The van der Waals surface area contributed by atoms with Crippen molar-refractivity contribution in [2.75, 3.05) is 30.4 Å². The van der Waals surface area contributed by atoms with Crippen LogP contribution in [0.15, 0.2) is 35.0 Å². The Hall–Kier alpha value is -3.20. The van der Waals surface area contributed by atoms with Crippen LogP contribution in [0.25, 0.3) is 11.0 Å². The molecule has 8 nitrogen and oxygen atoms in total. The van der Waals surface area contributed by atoms with Crippen LogP contribution in [0.1, 0.15) is 31.2 Å². The molecule has 2 aromatic heterocycles. The first-order chi connectivity index (χ1) is 14.3. The summed E-state index contributed by atoms with van der Waals surface area (Å²) >= 11 is 0. The predicted molar refractivity (Wildman–Crippen MR) is 115 cm³/mol. The lowest BCUT2D eigenvalue weighted by molar-refractivity contribution is 0.241. The third-order valence-electron chi connectivity index (χ3n) is 4.87. The molecule has 0 radical (unpaired) electrons. The molecular formula is C21H27FN6O2. The average Bonchev–Trinajstić information content (AvgIpc) is 3.02. The molecule has 0 saturated carbocycles. The van der Waals surface area contributed by atoms with Crippen molar-refractivity contribution in [3.05, 3.63) is 47.7 Å². The fourth-order valence-electron chi connectivity index (χ4n) is 3.23. The van der Waals surface area contributed by atoms with E-state index in [1.165, 1.54) is 24.5 Å². The molecular weight excluding hydrogens is 387 g/mol. The van der Waals surface area contributed by atoms with Gasteiger partial charge in [0.25, 0.3) is 0 Å². The Morgan fingerprint density at radius 2 is 2.00 bits per heavy atom. The van der Waals surface area contributed by atoms with Crippen LogP contribution in [-0.4, -0.2) is 36.1 Å². The number of urea groups is 1. The van der Waals surface area contributed by atoms with Gasteiger partial charge in [-0.25, -0.2) is 19.2 Å². The minimum absolute atomic E-state index is 0.0448. The molecule has 0 aliphatic rings. The summed E-state index contributed by atoms with van der Waals surface area (Å²) in [6, 6.07) is 3.59. The van der Waals surface area contributed by atoms with E-state index in [1.54, 1.807) is 6.07 Å². The molecule has 2 heterocycles. The Bertz CT molecular complexity index is 1020. The lowest BCUT2D eigenvalue weighted by Gasteiger charge is -2.21. The second kappa shape index (κ2) is 9.08. The fraction of sp³-hybridized carbons (Fsp3) is 0.381. The van der Waals surface area contributed by atoms with Gasteiger partial charge in [-0.15, -0.1) is 0 Å². The van der Waals surface area contributed by atoms with Gasteiger partial charge in [0.2, 0.25) is 5.95 Å². The number of halogens is 1. The molecule has 1 aromatic carbocycles. The van der Waals surface area contributed by atoms with E-state index >= 15 is 0 Å². The number of aryl methyl sites for hydroxylation is 1. The topological polar surface area (TPSA) is 109 Å². The largest absolute Gasteiger partial charge is 0.459 e. The summed E-state index contributed by atoms with van der Waals surface area (Å²) in [6.07, 6.45) is 3.07. The van der Waals surface area contributed by atoms with E-state index in [4.69, 9.17) is 10.2 Å². The zero-order valence-corrected chi connectivity index (χ0v) is 17.6. The van der Waals surface area contributed by atoms with Crippen molar-refractivity contribution in [1.29, 1.82) is 0 Å². The van der Waals surface area contributed by atoms with Crippen molar-refractivity contribution in [3.63, 3.8) is 0 Å². The highest BCUT2D eigenvalue weighted by Gasteiger charge is 2.25. The van der Waals surface area contributed by atoms with Gasteiger partial charge in [0.1, 0.15) is 17.2 Å². The summed E-state index contributed by atoms with van der Waals surface area (Å²) in [5.74, 6) is 0.848. The highest BCUT2D eigenvalue weighted by atomic mass is 19.1. The van der Waals surface area contributed by atoms with Crippen molar-refractivity contribution >= 4 is 28.6 Å². The maximum absolute atomic E-state index is 13.6. The summed E-state index contributed by atoms with van der Waals surface area (Å²) in [6.45, 7) is 6.93. The zero-order valence-electron chi connectivity index (χ0n) is 17.6. The SMILES string of the molecule is Cc1c([C@@H](NC(=O)Nc2cnc(N(C)CCN)nc2)C(C)C)oc2ccc(F)cc12. The van der Waals surface area contributed by atoms with E-state index in [0.29, 0.717) is 41.5 Å². The number of anilines is 2. The number of likely N-dealkylation sites (N-methyl/N-ethyl adjacent to an activating group) is 1. The molecule has 0 fully saturated rings. The molecule has 2 amide bonds. The number of nitrogens with two attached hydrogens (primary N) is 1. The van der Waals surface area contributed by atoms with Gasteiger partial charge in [-0.2, -0.15) is 0 Å². The molecule has 0 aliphatic heterocycles. The second-order valence-corrected chi connectivity index (χ2v) is 7.53. The van der Waals surface area contributed by atoms with Gasteiger partial charge in [-0.1, -0.05) is 13.8 Å². The van der Waals surface area contributed by atoms with Crippen molar-refractivity contribution in [2.24, 2.45) is 11.7 Å². The van der Waals surface area contributed by atoms with Crippen molar-refractivity contribution in [3.8, 4) is 0 Å². The molecule has 0 bridgehead atoms. The normalized spacial score (nSPS) is 12.2. The Kier molecular flexibility index (Phi) is 6.51. The molecule has 9 heteroatoms. The van der Waals surface area contributed by atoms with Crippen LogP contribution < -0.4 is 21.3 Å². The summed E-state index contributed by atoms with van der Waals surface area (Å²) in [5, 5.41) is 6.37. The molecule has 0 unspecified atom stereocenters. The van der Waals surface area contributed by atoms with Crippen LogP contribution in [0.5, 0.6) is 0 Å². The summed E-state index contributed by atoms with van der Waals surface area (Å²) in [7, 11) is 1.84. The van der Waals surface area contributed by atoms with Crippen LogP contribution in [0.2, 0.25) is 0 Å². The van der Waals surface area contributed by atoms with Crippen LogP contribution in [0, 0.1) is 18.7 Å². The lowest BCUT2D eigenvalue weighted by Crippen LogP contribution is -2.35. The number of fused-ring (bicyclic) bond motifs is 1. The Morgan fingerprint density at radius 3 is 2.63 bits per heavy atom. The predicted octanol–water partition coefficient (Wildman–Crippen LogP) is 3.58. The third-order valence-corrected chi connectivity index (χ3v) is 4.87. The number of carbonyl (C=O) groups is 1. The van der Waals surface area contributed by atoms with Crippen molar-refractivity contribution < 1.29 is 13.6 Å². The standard InChI is InChI=1S/C21H27FN6O2/c1-12(2)18(19-13(3)16-9-14(22)5-6-17(16)30-19)27-21(29)26-15-10-24-20(25-11-15)28(4)8-7-23/h5-6,9-12,18H,7-8,23H2,1-4H3,(H2,26,27,29)/t18-/m0/s1. The molecule has 160 valence electrons. The van der Waals surface area contributed by atoms with Gasteiger partial charge in [0.05, 0.1) is 24.1 Å². The molecule has 4 N–H and O–H groups in total. The van der Waals surface area contributed by atoms with Crippen LogP contribution in [0.3, 0.4) is 0 Å². The van der Waals surface area contributed by atoms with E-state index in [1.807, 2.05) is 32.7 Å². The molecule has 0 spiro atoms. The summed E-state index contributed by atoms with van der Waals surface area (Å²) in [5.41, 5.74) is 7.39. The van der Waals surface area contributed by atoms with E-state index < -0.39 is 12.1 Å². The van der Waals surface area contributed by atoms with Gasteiger partial charge in [0.15, 0.2) is 0 Å². The Balaban J connectivity index is 1.74. The van der Waals surface area contributed by atoms with Gasteiger partial charge in [-0.05, 0) is 31.0 Å². The maximum Gasteiger partial charge on any atom is 0.319 e. The van der Waals surface area contributed by atoms with Gasteiger partial charge in [0, 0.05) is 31.1 Å². The number of hydrogen-bond acceptors (Lipinski definition) is 6. The first-order valence-corrected chi connectivity index (χ1v) is 9.79. The fourth-order valence-corrected chi connectivity index (χ4v) is 3.23. The minimum atomic E-state index is -0.411. The molecule has 1 atom stereocenters. The highest BCUT2D eigenvalue weighted by molar-refractivity contribution is 5.89. The summed E-state index contributed by atoms with van der Waals surface area (Å²) < 4.78 is 19.6. The third kappa shape index (κ3) is 4.68. The van der Waals surface area contributed by atoms with Crippen molar-refractivity contribution in [1.82, 2.24) is 15.3 Å². The zero-order chi connectivity index (χ0) is 21.8. The molecule has 0 saturated heterocycles. The number of carbonyl (C=O) groups excluding carboxylic acids is 1. The molecule has 3 rings (SSSR count). The van der Waals surface area contributed by atoms with E-state index in [2.05, 4.69) is 20.6 Å². The highest BCUT2D eigenvalue weighted by Crippen LogP contribution is 2.33. The molecule has 30 heavy (non-hydrogen) atoms. The number of aromatic nitrogens is 2. The van der Waals surface area contributed by atoms with E-state index in [0.717, 1.165) is 5.56 Å². The number of rotatable bonds is 7. The van der Waals surface area contributed by atoms with Crippen LogP contribution in [0.4, 0.5) is 20.8 Å². The quantitative estimate of drug-likeness (QED) is 0.545. The monoisotopic (exact) mass is 414 g/mol. The van der Waals surface area contributed by atoms with Gasteiger partial charge >= 0.3 is 6.03 Å². The molecule has 3 aromatic rings. The first kappa shape index (κ1) is 21.5. The number of hydrogen-bond donors (Lipinski definition) is 3. The first-order valence-electron chi connectivity index (χ1n) is 9.79. The maximum atomic E-state index is 13.6. The van der Waals surface area contributed by atoms with Gasteiger partial charge in [-0.3, -0.25) is 0 Å². The number of furan rings is 1. The number of nitrogens with one attached hydrogen (secondary N) is 2. The average molecular weight is 414 g/mol. The van der Waals surface area contributed by atoms with Gasteiger partial charge < -0.3 is 25.7 Å². The minimum Gasteiger partial charge on any atom is -0.459 e. The van der Waals surface area contributed by atoms with Crippen LogP contribution in [-0.2, 0) is 0 Å². The second-order valence-electron chi connectivity index (χ2n) is 7.53. The smallest absolute Gasteiger partial charge is 0.319 e. The number of nitrogens with zero attached hydrogens (tertiary/aromatic N) is 3.